The van der Waals surface area contributed by atoms with Gasteiger partial charge in [0.25, 0.3) is 0 Å². The van der Waals surface area contributed by atoms with Gasteiger partial charge in [0.15, 0.2) is 0 Å². The molecule has 0 unspecified atom stereocenters. The number of aromatic nitrogens is 2. The second kappa shape index (κ2) is 3.47. The van der Waals surface area contributed by atoms with Crippen LogP contribution in [0.5, 0.6) is 0 Å². The zero-order valence-electron chi connectivity index (χ0n) is 6.40. The fraction of sp³-hybridized carbons (Fsp3) is 0. The molecule has 0 saturated heterocycles. The van der Waals surface area contributed by atoms with E-state index in [2.05, 4.69) is 7.96 Å². The second-order valence-electron chi connectivity index (χ2n) is 2.41. The van der Waals surface area contributed by atoms with Gasteiger partial charge in [-0.15, -0.1) is 0 Å². The van der Waals surface area contributed by atoms with Gasteiger partial charge in [-0.25, -0.2) is 0 Å². The van der Waals surface area contributed by atoms with Crippen LogP contribution in [0, 0.1) is 10.1 Å². The van der Waals surface area contributed by atoms with Crippen LogP contribution < -0.4 is 0 Å². The van der Waals surface area contributed by atoms with Crippen molar-refractivity contribution in [2.75, 3.05) is 0 Å². The van der Waals surface area contributed by atoms with E-state index < -0.39 is 4.92 Å². The topological polar surface area (TPSA) is 68.9 Å². The van der Waals surface area contributed by atoms with E-state index in [9.17, 15) is 10.1 Å². The van der Waals surface area contributed by atoms with Crippen molar-refractivity contribution in [2.45, 2.75) is 0 Å². The van der Waals surface area contributed by atoms with Gasteiger partial charge in [-0.1, -0.05) is 0 Å². The van der Waals surface area contributed by atoms with Gasteiger partial charge < -0.3 is 0 Å². The molecule has 0 radical (unpaired) electrons. The summed E-state index contributed by atoms with van der Waals surface area (Å²) in [4.78, 5) is 10.1. The Kier molecular flexibility index (Phi) is 2.45. The van der Waals surface area contributed by atoms with Crippen LogP contribution in [0.1, 0.15) is 0 Å². The molecule has 0 spiro atoms. The Bertz CT molecular complexity index is 527. The van der Waals surface area contributed by atoms with Crippen molar-refractivity contribution in [3.8, 4) is 0 Å². The zero-order chi connectivity index (χ0) is 10.3. The molecule has 0 atom stereocenters. The van der Waals surface area contributed by atoms with Crippen molar-refractivity contribution in [3.05, 3.63) is 26.2 Å². The third-order valence-corrected chi connectivity index (χ3v) is 3.52. The van der Waals surface area contributed by atoms with Crippen molar-refractivity contribution in [1.82, 2.24) is 7.96 Å². The number of benzene rings is 1. The standard InChI is InChI=1S/C6HCl2N3O2Se/c7-2-1-3-5(10-14-9-3)6(4(2)8)11(12)13/h1H. The van der Waals surface area contributed by atoms with Crippen LogP contribution in [0.2, 0.25) is 10.0 Å². The molecule has 72 valence electrons. The quantitative estimate of drug-likeness (QED) is 0.458. The van der Waals surface area contributed by atoms with E-state index in [0.717, 1.165) is 0 Å². The Balaban J connectivity index is 2.93. The summed E-state index contributed by atoms with van der Waals surface area (Å²) in [5, 5.41) is 10.8. The van der Waals surface area contributed by atoms with E-state index in [0.29, 0.717) is 5.52 Å². The van der Waals surface area contributed by atoms with Gasteiger partial charge >= 0.3 is 94.0 Å². The summed E-state index contributed by atoms with van der Waals surface area (Å²) in [6, 6.07) is 1.49. The number of nitrogens with zero attached hydrogens (tertiary/aromatic N) is 3. The Hall–Kier alpha value is -0.681. The third kappa shape index (κ3) is 1.40. The van der Waals surface area contributed by atoms with Gasteiger partial charge in [0.1, 0.15) is 0 Å². The summed E-state index contributed by atoms with van der Waals surface area (Å²) in [6.45, 7) is 0. The van der Waals surface area contributed by atoms with Crippen LogP contribution in [0.4, 0.5) is 5.69 Å². The summed E-state index contributed by atoms with van der Waals surface area (Å²) in [7, 11) is 0. The number of hydrogen-bond acceptors (Lipinski definition) is 4. The zero-order valence-corrected chi connectivity index (χ0v) is 9.62. The first kappa shape index (κ1) is 9.86. The van der Waals surface area contributed by atoms with Gasteiger partial charge in [-0.2, -0.15) is 0 Å². The fourth-order valence-electron chi connectivity index (χ4n) is 1.02. The minimum atomic E-state index is -0.590. The first-order chi connectivity index (χ1) is 6.61. The van der Waals surface area contributed by atoms with Crippen LogP contribution in [-0.2, 0) is 0 Å². The van der Waals surface area contributed by atoms with Crippen LogP contribution in [-0.4, -0.2) is 27.8 Å². The molecule has 0 aliphatic carbocycles. The molecule has 1 aromatic carbocycles. The molecular formula is C6HCl2N3O2Se. The Labute approximate surface area is 94.0 Å². The van der Waals surface area contributed by atoms with Crippen molar-refractivity contribution in [3.63, 3.8) is 0 Å². The number of hydrogen-bond donors (Lipinski definition) is 0. The monoisotopic (exact) mass is 297 g/mol. The number of halogens is 2. The van der Waals surface area contributed by atoms with Crippen molar-refractivity contribution >= 4 is 54.9 Å². The van der Waals surface area contributed by atoms with E-state index in [1.54, 1.807) is 0 Å². The summed E-state index contributed by atoms with van der Waals surface area (Å²) in [5.74, 6) is 0. The number of fused-ring (bicyclic) bond motifs is 1. The van der Waals surface area contributed by atoms with Crippen LogP contribution in [0.25, 0.3) is 11.0 Å². The second-order valence-corrected chi connectivity index (χ2v) is 4.30. The van der Waals surface area contributed by atoms with E-state index in [-0.39, 0.29) is 36.2 Å². The molecule has 8 heteroatoms. The minimum absolute atomic E-state index is 0.0768. The summed E-state index contributed by atoms with van der Waals surface area (Å²) < 4.78 is 7.93. The molecule has 0 amide bonds. The number of nitro benzene ring substituents is 1. The average molecular weight is 297 g/mol. The molecule has 1 aromatic heterocycles. The van der Waals surface area contributed by atoms with Crippen LogP contribution >= 0.6 is 23.2 Å². The van der Waals surface area contributed by atoms with E-state index in [1.807, 2.05) is 0 Å². The van der Waals surface area contributed by atoms with Gasteiger partial charge in [0, 0.05) is 0 Å². The molecule has 2 rings (SSSR count). The molecule has 0 fully saturated rings. The van der Waals surface area contributed by atoms with E-state index >= 15 is 0 Å². The first-order valence-electron chi connectivity index (χ1n) is 3.36. The average Bonchev–Trinajstić information content (AvgIpc) is 2.52. The maximum atomic E-state index is 10.7. The van der Waals surface area contributed by atoms with Crippen LogP contribution in [0.15, 0.2) is 6.07 Å². The molecule has 0 N–H and O–H groups in total. The third-order valence-electron chi connectivity index (χ3n) is 1.60. The van der Waals surface area contributed by atoms with Crippen molar-refractivity contribution in [1.29, 1.82) is 0 Å². The molecule has 0 bridgehead atoms. The van der Waals surface area contributed by atoms with Crippen LogP contribution in [0.3, 0.4) is 0 Å². The number of rotatable bonds is 1. The molecule has 0 aliphatic heterocycles. The predicted molar refractivity (Wildman–Crippen MR) is 53.2 cm³/mol. The molecule has 14 heavy (non-hydrogen) atoms. The van der Waals surface area contributed by atoms with Gasteiger partial charge in [0.2, 0.25) is 0 Å². The summed E-state index contributed by atoms with van der Waals surface area (Å²) >= 11 is 11.1. The van der Waals surface area contributed by atoms with Gasteiger partial charge in [0.05, 0.1) is 0 Å². The van der Waals surface area contributed by atoms with Gasteiger partial charge in [-0.3, -0.25) is 0 Å². The van der Waals surface area contributed by atoms with E-state index in [4.69, 9.17) is 23.2 Å². The number of nitro groups is 1. The summed E-state index contributed by atoms with van der Waals surface area (Å²) in [5.41, 5.74) is 0.438. The first-order valence-corrected chi connectivity index (χ1v) is 5.64. The van der Waals surface area contributed by atoms with Crippen molar-refractivity contribution < 1.29 is 4.92 Å². The molecular weight excluding hydrogens is 296 g/mol. The van der Waals surface area contributed by atoms with Crippen molar-refractivity contribution in [2.24, 2.45) is 0 Å². The molecule has 2 aromatic rings. The maximum absolute atomic E-state index is 10.7. The molecule has 1 heterocycles. The molecule has 0 saturated carbocycles. The summed E-state index contributed by atoms with van der Waals surface area (Å²) in [6.07, 6.45) is 0. The molecule has 0 aliphatic rings. The molecule has 5 nitrogen and oxygen atoms in total. The predicted octanol–water partition coefficient (Wildman–Crippen LogP) is 1.90. The SMILES string of the molecule is O=[N+]([O-])c1c(Cl)c(Cl)cc2n[se]nc12. The fourth-order valence-corrected chi connectivity index (χ4v) is 2.54. The normalized spacial score (nSPS) is 10.7. The van der Waals surface area contributed by atoms with Gasteiger partial charge in [-0.05, 0) is 0 Å². The Morgan fingerprint density at radius 2 is 2.14 bits per heavy atom. The Morgan fingerprint density at radius 1 is 1.43 bits per heavy atom. The Morgan fingerprint density at radius 3 is 2.79 bits per heavy atom. The van der Waals surface area contributed by atoms with E-state index in [1.165, 1.54) is 6.07 Å².